The summed E-state index contributed by atoms with van der Waals surface area (Å²) in [6.45, 7) is 0. The van der Waals surface area contributed by atoms with E-state index >= 15 is 0 Å². The Morgan fingerprint density at radius 1 is 1.33 bits per heavy atom. The Morgan fingerprint density at radius 2 is 2.13 bits per heavy atom. The van der Waals surface area contributed by atoms with E-state index in [1.807, 2.05) is 0 Å². The molecule has 1 aromatic rings. The minimum atomic E-state index is 0.315. The Balaban J connectivity index is 2.02. The van der Waals surface area contributed by atoms with E-state index in [4.69, 9.17) is 16.3 Å². The van der Waals surface area contributed by atoms with Crippen LogP contribution in [-0.4, -0.2) is 16.1 Å². The van der Waals surface area contributed by atoms with E-state index in [9.17, 15) is 0 Å². The van der Waals surface area contributed by atoms with Crippen molar-refractivity contribution in [2.45, 2.75) is 44.1 Å². The van der Waals surface area contributed by atoms with Crippen LogP contribution in [0.25, 0.3) is 0 Å². The van der Waals surface area contributed by atoms with Gasteiger partial charge in [-0.05, 0) is 25.7 Å². The highest BCUT2D eigenvalue weighted by molar-refractivity contribution is 6.17. The van der Waals surface area contributed by atoms with E-state index < -0.39 is 0 Å². The Morgan fingerprint density at radius 3 is 2.87 bits per heavy atom. The largest absolute Gasteiger partial charge is 0.474 e. The van der Waals surface area contributed by atoms with Gasteiger partial charge in [0.1, 0.15) is 12.4 Å². The van der Waals surface area contributed by atoms with Crippen molar-refractivity contribution in [2.75, 3.05) is 0 Å². The van der Waals surface area contributed by atoms with Crippen LogP contribution >= 0.6 is 11.6 Å². The van der Waals surface area contributed by atoms with Crippen LogP contribution in [-0.2, 0) is 5.88 Å². The molecule has 3 nitrogen and oxygen atoms in total. The van der Waals surface area contributed by atoms with Crippen LogP contribution in [0.5, 0.6) is 5.88 Å². The molecule has 0 spiro atoms. The smallest absolute Gasteiger partial charge is 0.221 e. The zero-order valence-electron chi connectivity index (χ0n) is 8.66. The van der Waals surface area contributed by atoms with E-state index in [0.29, 0.717) is 17.9 Å². The maximum absolute atomic E-state index is 5.84. The first-order valence-corrected chi connectivity index (χ1v) is 5.95. The molecule has 0 bridgehead atoms. The van der Waals surface area contributed by atoms with Gasteiger partial charge in [0.05, 0.1) is 5.88 Å². The summed E-state index contributed by atoms with van der Waals surface area (Å²) in [5, 5.41) is 0. The third-order valence-corrected chi connectivity index (χ3v) is 3.01. The van der Waals surface area contributed by atoms with Gasteiger partial charge in [0.2, 0.25) is 5.88 Å². The number of nitrogens with zero attached hydrogens (tertiary/aromatic N) is 2. The molecule has 15 heavy (non-hydrogen) atoms. The SMILES string of the molecule is ClCc1cncnc1OC1CCCCC1. The molecule has 1 aliphatic rings. The van der Waals surface area contributed by atoms with Crippen LogP contribution in [0.3, 0.4) is 0 Å². The highest BCUT2D eigenvalue weighted by Gasteiger charge is 2.16. The van der Waals surface area contributed by atoms with Gasteiger partial charge in [0, 0.05) is 11.8 Å². The first kappa shape index (κ1) is 10.7. The second-order valence-electron chi connectivity index (χ2n) is 3.86. The average Bonchev–Trinajstić information content (AvgIpc) is 2.31. The average molecular weight is 227 g/mol. The van der Waals surface area contributed by atoms with Gasteiger partial charge in [-0.25, -0.2) is 9.97 Å². The highest BCUT2D eigenvalue weighted by atomic mass is 35.5. The normalized spacial score (nSPS) is 17.7. The third kappa shape index (κ3) is 2.81. The van der Waals surface area contributed by atoms with Crippen LogP contribution in [0, 0.1) is 0 Å². The monoisotopic (exact) mass is 226 g/mol. The van der Waals surface area contributed by atoms with Crippen LogP contribution in [0.15, 0.2) is 12.5 Å². The molecule has 0 saturated heterocycles. The molecular formula is C11H15ClN2O. The van der Waals surface area contributed by atoms with Gasteiger partial charge in [0.15, 0.2) is 0 Å². The van der Waals surface area contributed by atoms with Gasteiger partial charge in [-0.2, -0.15) is 0 Å². The quantitative estimate of drug-likeness (QED) is 0.744. The van der Waals surface area contributed by atoms with Crippen LogP contribution in [0.2, 0.25) is 0 Å². The summed E-state index contributed by atoms with van der Waals surface area (Å²) in [6.07, 6.45) is 9.64. The minimum Gasteiger partial charge on any atom is -0.474 e. The Hall–Kier alpha value is -0.830. The Kier molecular flexibility index (Phi) is 3.78. The van der Waals surface area contributed by atoms with E-state index in [2.05, 4.69) is 9.97 Å². The van der Waals surface area contributed by atoms with E-state index in [1.54, 1.807) is 6.20 Å². The molecule has 1 saturated carbocycles. The number of ether oxygens (including phenoxy) is 1. The first-order valence-electron chi connectivity index (χ1n) is 5.41. The lowest BCUT2D eigenvalue weighted by molar-refractivity contribution is 0.147. The second-order valence-corrected chi connectivity index (χ2v) is 4.13. The molecule has 0 N–H and O–H groups in total. The maximum Gasteiger partial charge on any atom is 0.221 e. The molecule has 1 aliphatic carbocycles. The summed E-state index contributed by atoms with van der Waals surface area (Å²) in [5.74, 6) is 1.06. The standard InChI is InChI=1S/C11H15ClN2O/c12-6-9-7-13-8-14-11(9)15-10-4-2-1-3-5-10/h7-8,10H,1-6H2. The predicted octanol–water partition coefficient (Wildman–Crippen LogP) is 2.93. The topological polar surface area (TPSA) is 35.0 Å². The molecule has 1 fully saturated rings. The summed E-state index contributed by atoms with van der Waals surface area (Å²) in [7, 11) is 0. The third-order valence-electron chi connectivity index (χ3n) is 2.72. The fraction of sp³-hybridized carbons (Fsp3) is 0.636. The number of halogens is 1. The lowest BCUT2D eigenvalue weighted by Crippen LogP contribution is -2.20. The van der Waals surface area contributed by atoms with Crippen molar-refractivity contribution in [3.8, 4) is 5.88 Å². The Labute approximate surface area is 94.8 Å². The van der Waals surface area contributed by atoms with E-state index in [-0.39, 0.29) is 0 Å². The molecule has 0 aliphatic heterocycles. The lowest BCUT2D eigenvalue weighted by Gasteiger charge is -2.22. The van der Waals surface area contributed by atoms with Gasteiger partial charge < -0.3 is 4.74 Å². The number of hydrogen-bond acceptors (Lipinski definition) is 3. The van der Waals surface area contributed by atoms with E-state index in [0.717, 1.165) is 18.4 Å². The van der Waals surface area contributed by atoms with Crippen molar-refractivity contribution >= 4 is 11.6 Å². The molecule has 1 heterocycles. The van der Waals surface area contributed by atoms with Crippen molar-refractivity contribution in [3.05, 3.63) is 18.1 Å². The molecule has 0 aromatic carbocycles. The summed E-state index contributed by atoms with van der Waals surface area (Å²) >= 11 is 5.79. The van der Waals surface area contributed by atoms with Gasteiger partial charge in [-0.3, -0.25) is 0 Å². The number of alkyl halides is 1. The van der Waals surface area contributed by atoms with Crippen molar-refractivity contribution in [3.63, 3.8) is 0 Å². The summed E-state index contributed by atoms with van der Waals surface area (Å²) in [4.78, 5) is 8.06. The molecule has 82 valence electrons. The molecule has 1 aromatic heterocycles. The van der Waals surface area contributed by atoms with Crippen molar-refractivity contribution in [1.29, 1.82) is 0 Å². The molecule has 0 atom stereocenters. The van der Waals surface area contributed by atoms with E-state index in [1.165, 1.54) is 25.6 Å². The fourth-order valence-electron chi connectivity index (χ4n) is 1.89. The zero-order chi connectivity index (χ0) is 10.5. The first-order chi connectivity index (χ1) is 7.40. The van der Waals surface area contributed by atoms with Gasteiger partial charge in [0.25, 0.3) is 0 Å². The van der Waals surface area contributed by atoms with Gasteiger partial charge >= 0.3 is 0 Å². The minimum absolute atomic E-state index is 0.315. The Bertz CT molecular complexity index is 313. The molecule has 0 amide bonds. The summed E-state index contributed by atoms with van der Waals surface area (Å²) in [5.41, 5.74) is 0.879. The second kappa shape index (κ2) is 5.31. The van der Waals surface area contributed by atoms with Crippen molar-refractivity contribution in [1.82, 2.24) is 9.97 Å². The van der Waals surface area contributed by atoms with Crippen molar-refractivity contribution < 1.29 is 4.74 Å². The summed E-state index contributed by atoms with van der Waals surface area (Å²) in [6, 6.07) is 0. The van der Waals surface area contributed by atoms with Crippen molar-refractivity contribution in [2.24, 2.45) is 0 Å². The predicted molar refractivity (Wildman–Crippen MR) is 59.1 cm³/mol. The van der Waals surface area contributed by atoms with Gasteiger partial charge in [-0.1, -0.05) is 6.42 Å². The zero-order valence-corrected chi connectivity index (χ0v) is 9.41. The van der Waals surface area contributed by atoms with Crippen LogP contribution in [0.1, 0.15) is 37.7 Å². The number of aromatic nitrogens is 2. The molecule has 0 radical (unpaired) electrons. The fourth-order valence-corrected chi connectivity index (χ4v) is 2.07. The van der Waals surface area contributed by atoms with Crippen LogP contribution < -0.4 is 4.74 Å². The number of rotatable bonds is 3. The molecule has 2 rings (SSSR count). The highest BCUT2D eigenvalue weighted by Crippen LogP contribution is 2.24. The molecule has 0 unspecified atom stereocenters. The van der Waals surface area contributed by atoms with Crippen LogP contribution in [0.4, 0.5) is 0 Å². The van der Waals surface area contributed by atoms with Gasteiger partial charge in [-0.15, -0.1) is 11.6 Å². The molecular weight excluding hydrogens is 212 g/mol. The maximum atomic E-state index is 5.84. The summed E-state index contributed by atoms with van der Waals surface area (Å²) < 4.78 is 5.84. The number of hydrogen-bond donors (Lipinski definition) is 0. The lowest BCUT2D eigenvalue weighted by atomic mass is 9.98. The molecule has 4 heteroatoms.